The Morgan fingerprint density at radius 2 is 1.64 bits per heavy atom. The van der Waals surface area contributed by atoms with Gasteiger partial charge in [-0.25, -0.2) is 8.42 Å². The van der Waals surface area contributed by atoms with Crippen LogP contribution in [0.3, 0.4) is 0 Å². The first-order chi connectivity index (χ1) is 15.8. The predicted molar refractivity (Wildman–Crippen MR) is 131 cm³/mol. The average molecular weight is 488 g/mol. The number of anilines is 1. The number of halogens is 1. The fraction of sp³-hybridized carbons (Fsp3) is 0.250. The molecular formula is C24H26ClN3O4S. The van der Waals surface area contributed by atoms with E-state index in [1.165, 1.54) is 22.5 Å². The van der Waals surface area contributed by atoms with Crippen molar-refractivity contribution in [1.82, 2.24) is 9.62 Å². The molecule has 174 valence electrons. The number of amides is 2. The first-order valence-electron chi connectivity index (χ1n) is 10.6. The molecule has 3 aromatic rings. The Labute approximate surface area is 198 Å². The van der Waals surface area contributed by atoms with Gasteiger partial charge in [-0.05, 0) is 41.1 Å². The van der Waals surface area contributed by atoms with Gasteiger partial charge in [-0.15, -0.1) is 0 Å². The van der Waals surface area contributed by atoms with E-state index in [4.69, 9.17) is 11.6 Å². The molecule has 0 aliphatic rings. The number of nitrogens with zero attached hydrogens (tertiary/aromatic N) is 1. The molecular weight excluding hydrogens is 462 g/mol. The molecule has 0 saturated carbocycles. The first kappa shape index (κ1) is 24.7. The Bertz CT molecular complexity index is 1270. The van der Waals surface area contributed by atoms with Crippen LogP contribution < -0.4 is 10.6 Å². The third kappa shape index (κ3) is 5.90. The van der Waals surface area contributed by atoms with E-state index >= 15 is 0 Å². The van der Waals surface area contributed by atoms with E-state index < -0.39 is 15.9 Å². The smallest absolute Gasteiger partial charge is 0.251 e. The SMILES string of the molecule is CCN(CC)S(=O)(=O)c1ccc(Cl)c(NC(=O)CCNC(=O)c2ccc3ccccc3c2)c1. The minimum absolute atomic E-state index is 0.00265. The first-order valence-corrected chi connectivity index (χ1v) is 12.4. The van der Waals surface area contributed by atoms with Gasteiger partial charge in [-0.3, -0.25) is 9.59 Å². The van der Waals surface area contributed by atoms with Crippen LogP contribution in [0.4, 0.5) is 5.69 Å². The van der Waals surface area contributed by atoms with Crippen LogP contribution in [0.2, 0.25) is 5.02 Å². The van der Waals surface area contributed by atoms with E-state index in [0.29, 0.717) is 18.7 Å². The number of carbonyl (C=O) groups is 2. The van der Waals surface area contributed by atoms with Crippen molar-refractivity contribution in [3.63, 3.8) is 0 Å². The fourth-order valence-corrected chi connectivity index (χ4v) is 5.06. The molecule has 0 heterocycles. The second kappa shape index (κ2) is 10.8. The maximum atomic E-state index is 12.7. The van der Waals surface area contributed by atoms with E-state index in [0.717, 1.165) is 10.8 Å². The molecule has 2 N–H and O–H groups in total. The number of rotatable bonds is 9. The van der Waals surface area contributed by atoms with Gasteiger partial charge >= 0.3 is 0 Å². The summed E-state index contributed by atoms with van der Waals surface area (Å²) in [6.07, 6.45) is 0.00265. The lowest BCUT2D eigenvalue weighted by Gasteiger charge is -2.19. The zero-order valence-corrected chi connectivity index (χ0v) is 20.0. The second-order valence-corrected chi connectivity index (χ2v) is 9.69. The molecule has 0 atom stereocenters. The molecule has 3 rings (SSSR count). The Morgan fingerprint density at radius 3 is 2.33 bits per heavy atom. The lowest BCUT2D eigenvalue weighted by molar-refractivity contribution is -0.116. The van der Waals surface area contributed by atoms with Gasteiger partial charge in [0.15, 0.2) is 0 Å². The molecule has 7 nitrogen and oxygen atoms in total. The molecule has 0 saturated heterocycles. The van der Waals surface area contributed by atoms with Crippen molar-refractivity contribution in [2.24, 2.45) is 0 Å². The summed E-state index contributed by atoms with van der Waals surface area (Å²) in [5, 5.41) is 7.57. The summed E-state index contributed by atoms with van der Waals surface area (Å²) >= 11 is 6.16. The molecule has 0 aromatic heterocycles. The van der Waals surface area contributed by atoms with E-state index in [1.807, 2.05) is 30.3 Å². The van der Waals surface area contributed by atoms with Crippen LogP contribution in [0.15, 0.2) is 65.6 Å². The largest absolute Gasteiger partial charge is 0.352 e. The standard InChI is InChI=1S/C24H26ClN3O4S/c1-3-28(4-2)33(31,32)20-11-12-21(25)22(16-20)27-23(29)13-14-26-24(30)19-10-9-17-7-5-6-8-18(17)15-19/h5-12,15-16H,3-4,13-14H2,1-2H3,(H,26,30)(H,27,29). The minimum atomic E-state index is -3.68. The lowest BCUT2D eigenvalue weighted by Crippen LogP contribution is -2.30. The molecule has 0 radical (unpaired) electrons. The highest BCUT2D eigenvalue weighted by molar-refractivity contribution is 7.89. The predicted octanol–water partition coefficient (Wildman–Crippen LogP) is 4.28. The van der Waals surface area contributed by atoms with E-state index in [-0.39, 0.29) is 34.5 Å². The number of fused-ring (bicyclic) bond motifs is 1. The van der Waals surface area contributed by atoms with Crippen molar-refractivity contribution < 1.29 is 18.0 Å². The molecule has 0 fully saturated rings. The lowest BCUT2D eigenvalue weighted by atomic mass is 10.1. The maximum absolute atomic E-state index is 12.7. The third-order valence-corrected chi connectivity index (χ3v) is 7.58. The van der Waals surface area contributed by atoms with Crippen molar-refractivity contribution in [2.75, 3.05) is 25.0 Å². The number of hydrogen-bond acceptors (Lipinski definition) is 4. The summed E-state index contributed by atoms with van der Waals surface area (Å²) in [5.74, 6) is -0.674. The van der Waals surface area contributed by atoms with Crippen molar-refractivity contribution in [3.05, 3.63) is 71.2 Å². The number of hydrogen-bond donors (Lipinski definition) is 2. The zero-order valence-electron chi connectivity index (χ0n) is 18.5. The third-order valence-electron chi connectivity index (χ3n) is 5.20. The van der Waals surface area contributed by atoms with Gasteiger partial charge in [0, 0.05) is 31.6 Å². The highest BCUT2D eigenvalue weighted by Crippen LogP contribution is 2.27. The van der Waals surface area contributed by atoms with Crippen molar-refractivity contribution >= 4 is 49.9 Å². The summed E-state index contributed by atoms with van der Waals surface area (Å²) in [5.41, 5.74) is 0.710. The molecule has 0 bridgehead atoms. The summed E-state index contributed by atoms with van der Waals surface area (Å²) in [7, 11) is -3.68. The van der Waals surface area contributed by atoms with Gasteiger partial charge < -0.3 is 10.6 Å². The van der Waals surface area contributed by atoms with Gasteiger partial charge in [-0.2, -0.15) is 4.31 Å². The summed E-state index contributed by atoms with van der Waals surface area (Å²) in [6, 6.07) is 17.3. The molecule has 9 heteroatoms. The number of carbonyl (C=O) groups excluding carboxylic acids is 2. The van der Waals surface area contributed by atoms with Crippen LogP contribution in [-0.4, -0.2) is 44.2 Å². The summed E-state index contributed by atoms with van der Waals surface area (Å²) in [4.78, 5) is 24.9. The number of nitrogens with one attached hydrogen (secondary N) is 2. The highest BCUT2D eigenvalue weighted by Gasteiger charge is 2.22. The minimum Gasteiger partial charge on any atom is -0.352 e. The number of benzene rings is 3. The van der Waals surface area contributed by atoms with Crippen molar-refractivity contribution in [3.8, 4) is 0 Å². The quantitative estimate of drug-likeness (QED) is 0.471. The second-order valence-electron chi connectivity index (χ2n) is 7.35. The number of sulfonamides is 1. The van der Waals surface area contributed by atoms with E-state index in [9.17, 15) is 18.0 Å². The van der Waals surface area contributed by atoms with Crippen molar-refractivity contribution in [1.29, 1.82) is 0 Å². The van der Waals surface area contributed by atoms with Gasteiger partial charge in [0.2, 0.25) is 15.9 Å². The Hall–Kier alpha value is -2.94. The van der Waals surface area contributed by atoms with Gasteiger partial charge in [0.05, 0.1) is 15.6 Å². The normalized spacial score (nSPS) is 11.5. The summed E-state index contributed by atoms with van der Waals surface area (Å²) in [6.45, 7) is 4.30. The van der Waals surface area contributed by atoms with Gasteiger partial charge in [0.1, 0.15) is 0 Å². The molecule has 3 aromatic carbocycles. The van der Waals surface area contributed by atoms with Crippen LogP contribution in [0.1, 0.15) is 30.6 Å². The van der Waals surface area contributed by atoms with Crippen LogP contribution in [0, 0.1) is 0 Å². The van der Waals surface area contributed by atoms with Gasteiger partial charge in [0.25, 0.3) is 5.91 Å². The van der Waals surface area contributed by atoms with Crippen LogP contribution in [-0.2, 0) is 14.8 Å². The molecule has 0 aliphatic carbocycles. The average Bonchev–Trinajstić information content (AvgIpc) is 2.80. The Kier molecular flexibility index (Phi) is 8.07. The Morgan fingerprint density at radius 1 is 0.939 bits per heavy atom. The van der Waals surface area contributed by atoms with Gasteiger partial charge in [-0.1, -0.05) is 55.8 Å². The van der Waals surface area contributed by atoms with Crippen LogP contribution >= 0.6 is 11.6 Å². The fourth-order valence-electron chi connectivity index (χ4n) is 3.41. The molecule has 0 aliphatic heterocycles. The van der Waals surface area contributed by atoms with Crippen LogP contribution in [0.5, 0.6) is 0 Å². The summed E-state index contributed by atoms with van der Waals surface area (Å²) < 4.78 is 26.8. The van der Waals surface area contributed by atoms with E-state index in [2.05, 4.69) is 10.6 Å². The molecule has 33 heavy (non-hydrogen) atoms. The van der Waals surface area contributed by atoms with Crippen molar-refractivity contribution in [2.45, 2.75) is 25.2 Å². The molecule has 0 spiro atoms. The zero-order chi connectivity index (χ0) is 24.0. The van der Waals surface area contributed by atoms with E-state index in [1.54, 1.807) is 26.0 Å². The Balaban J connectivity index is 1.60. The topological polar surface area (TPSA) is 95.6 Å². The monoisotopic (exact) mass is 487 g/mol. The highest BCUT2D eigenvalue weighted by atomic mass is 35.5. The van der Waals surface area contributed by atoms with Crippen LogP contribution in [0.25, 0.3) is 10.8 Å². The maximum Gasteiger partial charge on any atom is 0.251 e. The molecule has 0 unspecified atom stereocenters. The molecule has 2 amide bonds.